The molecule has 1 amide bonds. The minimum atomic E-state index is -0.520. The summed E-state index contributed by atoms with van der Waals surface area (Å²) in [5, 5.41) is 4.11. The first-order valence-electron chi connectivity index (χ1n) is 12.1. The first kappa shape index (κ1) is 29.2. The lowest BCUT2D eigenvalue weighted by Crippen LogP contribution is -2.48. The zero-order valence-electron chi connectivity index (χ0n) is 21.7. The number of nitrogens with zero attached hydrogens (tertiary/aromatic N) is 2. The van der Waals surface area contributed by atoms with Crippen LogP contribution in [-0.2, 0) is 14.3 Å². The molecule has 1 aromatic rings. The van der Waals surface area contributed by atoms with E-state index in [0.29, 0.717) is 29.4 Å². The molecule has 1 atom stereocenters. The van der Waals surface area contributed by atoms with Gasteiger partial charge in [0, 0.05) is 51.3 Å². The summed E-state index contributed by atoms with van der Waals surface area (Å²) in [5.74, 6) is -0.144. The number of piperidine rings is 1. The number of ether oxygens (including phenoxy) is 1. The number of thioether (sulfide) groups is 1. The van der Waals surface area contributed by atoms with E-state index < -0.39 is 5.60 Å². The van der Waals surface area contributed by atoms with Crippen molar-refractivity contribution in [3.8, 4) is 0 Å². The molecule has 0 spiro atoms. The third-order valence-electron chi connectivity index (χ3n) is 5.49. The van der Waals surface area contributed by atoms with Gasteiger partial charge >= 0.3 is 6.09 Å². The SMILES string of the molecule is CCC(=O)SC(=Cc1cccc(Cl)c1N1CCCC(NCCN(C)C(=O)OC(C)(C)C)C1)C(C)=O. The van der Waals surface area contributed by atoms with Crippen LogP contribution in [0, 0.1) is 0 Å². The fourth-order valence-electron chi connectivity index (χ4n) is 3.74. The molecule has 1 unspecified atom stereocenters. The summed E-state index contributed by atoms with van der Waals surface area (Å²) >= 11 is 7.62. The van der Waals surface area contributed by atoms with Gasteiger partial charge < -0.3 is 19.9 Å². The van der Waals surface area contributed by atoms with Crippen LogP contribution in [0.15, 0.2) is 23.1 Å². The van der Waals surface area contributed by atoms with Crippen molar-refractivity contribution in [2.24, 2.45) is 0 Å². The lowest BCUT2D eigenvalue weighted by Gasteiger charge is -2.36. The molecule has 2 rings (SSSR count). The standard InChI is InChI=1S/C26H38ClN3O4S/c1-7-23(32)35-22(18(2)31)16-19-10-8-12-21(27)24(19)30-14-9-11-20(17-30)28-13-15-29(6)25(33)34-26(3,4)5/h8,10,12,16,20,28H,7,9,11,13-15,17H2,1-6H3. The number of hydrogen-bond donors (Lipinski definition) is 1. The van der Waals surface area contributed by atoms with E-state index >= 15 is 0 Å². The molecule has 0 aliphatic carbocycles. The highest BCUT2D eigenvalue weighted by molar-refractivity contribution is 8.17. The quantitative estimate of drug-likeness (QED) is 0.436. The van der Waals surface area contributed by atoms with Crippen molar-refractivity contribution >= 4 is 52.1 Å². The average molecular weight is 524 g/mol. The minimum Gasteiger partial charge on any atom is -0.444 e. The molecule has 0 saturated carbocycles. The number of likely N-dealkylation sites (N-methyl/N-ethyl adjacent to an activating group) is 1. The predicted octanol–water partition coefficient (Wildman–Crippen LogP) is 5.37. The van der Waals surface area contributed by atoms with Gasteiger partial charge in [-0.25, -0.2) is 4.79 Å². The third-order valence-corrected chi connectivity index (χ3v) is 6.93. The fourth-order valence-corrected chi connectivity index (χ4v) is 4.76. The molecule has 1 fully saturated rings. The van der Waals surface area contributed by atoms with E-state index in [4.69, 9.17) is 16.3 Å². The van der Waals surface area contributed by atoms with Crippen LogP contribution in [0.25, 0.3) is 6.08 Å². The van der Waals surface area contributed by atoms with Crippen molar-refractivity contribution in [2.75, 3.05) is 38.1 Å². The van der Waals surface area contributed by atoms with E-state index in [1.807, 2.05) is 39.0 Å². The number of carbonyl (C=O) groups excluding carboxylic acids is 3. The highest BCUT2D eigenvalue weighted by Gasteiger charge is 2.24. The number of para-hydroxylation sites is 1. The Hall–Kier alpha value is -2.03. The number of nitrogens with one attached hydrogen (secondary N) is 1. The minimum absolute atomic E-state index is 0.0476. The Kier molecular flexibility index (Phi) is 11.1. The number of allylic oxidation sites excluding steroid dienone is 1. The Morgan fingerprint density at radius 2 is 2.03 bits per heavy atom. The summed E-state index contributed by atoms with van der Waals surface area (Å²) in [6.45, 7) is 11.6. The van der Waals surface area contributed by atoms with E-state index in [-0.39, 0.29) is 23.0 Å². The Balaban J connectivity index is 2.09. The van der Waals surface area contributed by atoms with Crippen molar-refractivity contribution < 1.29 is 19.1 Å². The number of amides is 1. The molecule has 1 heterocycles. The molecule has 194 valence electrons. The first-order valence-corrected chi connectivity index (χ1v) is 13.2. The Morgan fingerprint density at radius 3 is 2.66 bits per heavy atom. The smallest absolute Gasteiger partial charge is 0.410 e. The number of halogens is 1. The Labute approximate surface area is 218 Å². The van der Waals surface area contributed by atoms with Crippen molar-refractivity contribution in [1.82, 2.24) is 10.2 Å². The number of hydrogen-bond acceptors (Lipinski definition) is 7. The highest BCUT2D eigenvalue weighted by Crippen LogP contribution is 2.35. The van der Waals surface area contributed by atoms with Crippen LogP contribution in [0.1, 0.15) is 59.4 Å². The van der Waals surface area contributed by atoms with Gasteiger partial charge in [-0.3, -0.25) is 9.59 Å². The summed E-state index contributed by atoms with van der Waals surface area (Å²) in [5.41, 5.74) is 1.17. The number of benzene rings is 1. The first-order chi connectivity index (χ1) is 16.4. The maximum absolute atomic E-state index is 12.2. The molecular formula is C26H38ClN3O4S. The second-order valence-electron chi connectivity index (χ2n) is 9.71. The van der Waals surface area contributed by atoms with Gasteiger partial charge in [0.25, 0.3) is 0 Å². The van der Waals surface area contributed by atoms with Crippen LogP contribution in [0.3, 0.4) is 0 Å². The molecule has 7 nitrogen and oxygen atoms in total. The summed E-state index contributed by atoms with van der Waals surface area (Å²) < 4.78 is 5.41. The molecule has 0 bridgehead atoms. The average Bonchev–Trinajstić information content (AvgIpc) is 2.77. The zero-order valence-corrected chi connectivity index (χ0v) is 23.2. The Bertz CT molecular complexity index is 945. The summed E-state index contributed by atoms with van der Waals surface area (Å²) in [7, 11) is 1.74. The number of rotatable bonds is 9. The normalized spacial score (nSPS) is 16.7. The lowest BCUT2D eigenvalue weighted by atomic mass is 10.0. The molecule has 1 aliphatic heterocycles. The van der Waals surface area contributed by atoms with Crippen LogP contribution in [0.2, 0.25) is 5.02 Å². The van der Waals surface area contributed by atoms with Gasteiger partial charge in [-0.2, -0.15) is 0 Å². The van der Waals surface area contributed by atoms with Crippen LogP contribution in [0.4, 0.5) is 10.5 Å². The zero-order chi connectivity index (χ0) is 26.2. The van der Waals surface area contributed by atoms with Crippen LogP contribution >= 0.6 is 23.4 Å². The monoisotopic (exact) mass is 523 g/mol. The molecule has 1 N–H and O–H groups in total. The van der Waals surface area contributed by atoms with Crippen LogP contribution in [-0.4, -0.2) is 66.8 Å². The lowest BCUT2D eigenvalue weighted by molar-refractivity contribution is -0.113. The molecule has 1 saturated heterocycles. The maximum Gasteiger partial charge on any atom is 0.410 e. The Morgan fingerprint density at radius 1 is 1.31 bits per heavy atom. The van der Waals surface area contributed by atoms with E-state index in [0.717, 1.165) is 48.9 Å². The summed E-state index contributed by atoms with van der Waals surface area (Å²) in [4.78, 5) is 40.6. The van der Waals surface area contributed by atoms with Gasteiger partial charge in [0.2, 0.25) is 0 Å². The van der Waals surface area contributed by atoms with Gasteiger partial charge in [0.15, 0.2) is 10.9 Å². The van der Waals surface area contributed by atoms with Gasteiger partial charge in [-0.05, 0) is 64.4 Å². The topological polar surface area (TPSA) is 79.0 Å². The molecule has 1 aromatic carbocycles. The van der Waals surface area contributed by atoms with Crippen molar-refractivity contribution in [1.29, 1.82) is 0 Å². The highest BCUT2D eigenvalue weighted by atomic mass is 35.5. The van der Waals surface area contributed by atoms with Crippen molar-refractivity contribution in [2.45, 2.75) is 65.5 Å². The number of ketones is 1. The largest absolute Gasteiger partial charge is 0.444 e. The van der Waals surface area contributed by atoms with Crippen molar-refractivity contribution in [3.05, 3.63) is 33.7 Å². The van der Waals surface area contributed by atoms with Gasteiger partial charge in [-0.1, -0.05) is 30.7 Å². The number of Topliss-reactive ketones (excluding diaryl/α,β-unsaturated/α-hetero) is 1. The van der Waals surface area contributed by atoms with Crippen molar-refractivity contribution in [3.63, 3.8) is 0 Å². The molecule has 35 heavy (non-hydrogen) atoms. The maximum atomic E-state index is 12.2. The fraction of sp³-hybridized carbons (Fsp3) is 0.577. The van der Waals surface area contributed by atoms with Crippen LogP contribution in [0.5, 0.6) is 0 Å². The molecular weight excluding hydrogens is 486 g/mol. The van der Waals surface area contributed by atoms with E-state index in [1.54, 1.807) is 24.9 Å². The number of anilines is 1. The predicted molar refractivity (Wildman–Crippen MR) is 145 cm³/mol. The van der Waals surface area contributed by atoms with Gasteiger partial charge in [-0.15, -0.1) is 0 Å². The summed E-state index contributed by atoms with van der Waals surface area (Å²) in [6, 6.07) is 5.85. The third kappa shape index (κ3) is 9.50. The molecule has 9 heteroatoms. The van der Waals surface area contributed by atoms with E-state index in [2.05, 4.69) is 10.2 Å². The molecule has 1 aliphatic rings. The number of carbonyl (C=O) groups is 3. The van der Waals surface area contributed by atoms with E-state index in [1.165, 1.54) is 6.92 Å². The van der Waals surface area contributed by atoms with E-state index in [9.17, 15) is 14.4 Å². The second kappa shape index (κ2) is 13.3. The van der Waals surface area contributed by atoms with Gasteiger partial charge in [0.05, 0.1) is 15.6 Å². The molecule has 0 radical (unpaired) electrons. The molecule has 0 aromatic heterocycles. The second-order valence-corrected chi connectivity index (χ2v) is 11.2. The van der Waals surface area contributed by atoms with Gasteiger partial charge in [0.1, 0.15) is 5.60 Å². The summed E-state index contributed by atoms with van der Waals surface area (Å²) in [6.07, 6.45) is 3.80. The van der Waals surface area contributed by atoms with Crippen LogP contribution < -0.4 is 10.2 Å².